The number of amides is 1. The van der Waals surface area contributed by atoms with Crippen molar-refractivity contribution in [1.82, 2.24) is 9.97 Å². The molecule has 0 aromatic carbocycles. The van der Waals surface area contributed by atoms with Crippen LogP contribution in [0.3, 0.4) is 0 Å². The van der Waals surface area contributed by atoms with Gasteiger partial charge in [-0.15, -0.1) is 0 Å². The smallest absolute Gasteiger partial charge is 0.228 e. The van der Waals surface area contributed by atoms with Gasteiger partial charge in [-0.1, -0.05) is 43.7 Å². The second-order valence-corrected chi connectivity index (χ2v) is 7.57. The van der Waals surface area contributed by atoms with Crippen LogP contribution in [0.2, 0.25) is 5.15 Å². The van der Waals surface area contributed by atoms with Gasteiger partial charge in [0.2, 0.25) is 5.91 Å². The number of hydrogen-bond donors (Lipinski definition) is 0. The molecule has 0 saturated carbocycles. The number of nitrogens with zero attached hydrogens (tertiary/aromatic N) is 3. The first-order valence-corrected chi connectivity index (χ1v) is 8.38. The molecule has 2 aromatic heterocycles. The molecule has 22 heavy (non-hydrogen) atoms. The molecule has 0 aliphatic heterocycles. The molecule has 0 N–H and O–H groups in total. The Kier molecular flexibility index (Phi) is 5.19. The van der Waals surface area contributed by atoms with Gasteiger partial charge in [0.25, 0.3) is 0 Å². The summed E-state index contributed by atoms with van der Waals surface area (Å²) in [6.45, 7) is 8.67. The fraction of sp³-hybridized carbons (Fsp3) is 0.438. The largest absolute Gasteiger partial charge is 0.301 e. The lowest BCUT2D eigenvalue weighted by molar-refractivity contribution is -0.120. The van der Waals surface area contributed by atoms with Gasteiger partial charge >= 0.3 is 0 Å². The van der Waals surface area contributed by atoms with Gasteiger partial charge in [-0.05, 0) is 24.5 Å². The maximum atomic E-state index is 12.5. The summed E-state index contributed by atoms with van der Waals surface area (Å²) >= 11 is 7.69. The van der Waals surface area contributed by atoms with E-state index in [2.05, 4.69) is 9.97 Å². The van der Waals surface area contributed by atoms with E-state index in [9.17, 15) is 4.79 Å². The van der Waals surface area contributed by atoms with E-state index in [1.807, 2.05) is 39.8 Å². The number of carbonyl (C=O) groups is 1. The van der Waals surface area contributed by atoms with E-state index in [1.165, 1.54) is 11.3 Å². The van der Waals surface area contributed by atoms with Crippen molar-refractivity contribution >= 4 is 33.8 Å². The van der Waals surface area contributed by atoms with Crippen LogP contribution in [0.25, 0.3) is 10.6 Å². The van der Waals surface area contributed by atoms with Crippen LogP contribution in [-0.2, 0) is 4.79 Å². The molecule has 0 aliphatic carbocycles. The second kappa shape index (κ2) is 6.75. The maximum Gasteiger partial charge on any atom is 0.228 e. The maximum absolute atomic E-state index is 12.5. The molecule has 6 heteroatoms. The van der Waals surface area contributed by atoms with Gasteiger partial charge in [-0.2, -0.15) is 0 Å². The Hall–Kier alpha value is -1.46. The zero-order valence-corrected chi connectivity index (χ0v) is 14.8. The molecule has 4 nitrogen and oxygen atoms in total. The average Bonchev–Trinajstić information content (AvgIpc) is 2.81. The Morgan fingerprint density at radius 3 is 2.68 bits per heavy atom. The van der Waals surface area contributed by atoms with Crippen molar-refractivity contribution in [2.24, 2.45) is 5.41 Å². The molecule has 0 radical (unpaired) electrons. The third-order valence-electron chi connectivity index (χ3n) is 3.02. The first-order valence-electron chi connectivity index (χ1n) is 7.19. The quantitative estimate of drug-likeness (QED) is 0.815. The first-order chi connectivity index (χ1) is 10.3. The number of carbonyl (C=O) groups excluding carboxylic acids is 1. The van der Waals surface area contributed by atoms with Crippen molar-refractivity contribution in [3.05, 3.63) is 29.7 Å². The van der Waals surface area contributed by atoms with Crippen molar-refractivity contribution in [2.75, 3.05) is 11.4 Å². The second-order valence-electron chi connectivity index (χ2n) is 6.23. The monoisotopic (exact) mass is 337 g/mol. The lowest BCUT2D eigenvalue weighted by atomic mass is 9.91. The van der Waals surface area contributed by atoms with E-state index in [0.29, 0.717) is 23.1 Å². The number of thiazole rings is 1. The highest BCUT2D eigenvalue weighted by atomic mass is 35.5. The Morgan fingerprint density at radius 2 is 2.14 bits per heavy atom. The molecule has 118 valence electrons. The highest BCUT2D eigenvalue weighted by Crippen LogP contribution is 2.38. The number of rotatable bonds is 4. The minimum absolute atomic E-state index is 0.0617. The van der Waals surface area contributed by atoms with Gasteiger partial charge in [-0.3, -0.25) is 9.78 Å². The summed E-state index contributed by atoms with van der Waals surface area (Å²) in [5, 5.41) is 1.85. The topological polar surface area (TPSA) is 46.1 Å². The van der Waals surface area contributed by atoms with Gasteiger partial charge in [-0.25, -0.2) is 4.98 Å². The number of pyridine rings is 1. The molecule has 0 fully saturated rings. The van der Waals surface area contributed by atoms with Crippen LogP contribution in [-0.4, -0.2) is 22.4 Å². The van der Waals surface area contributed by atoms with Gasteiger partial charge in [0, 0.05) is 30.9 Å². The molecular formula is C16H20ClN3OS. The van der Waals surface area contributed by atoms with Gasteiger partial charge < -0.3 is 4.90 Å². The lowest BCUT2D eigenvalue weighted by Gasteiger charge is -2.24. The average molecular weight is 338 g/mol. The molecule has 2 heterocycles. The summed E-state index contributed by atoms with van der Waals surface area (Å²) in [5.74, 6) is 0.0679. The number of halogens is 1. The molecule has 0 spiro atoms. The van der Waals surface area contributed by atoms with E-state index < -0.39 is 0 Å². The molecule has 0 unspecified atom stereocenters. The summed E-state index contributed by atoms with van der Waals surface area (Å²) in [7, 11) is 0. The molecule has 1 amide bonds. The Morgan fingerprint density at radius 1 is 1.41 bits per heavy atom. The van der Waals surface area contributed by atoms with Crippen LogP contribution in [0.4, 0.5) is 5.00 Å². The summed E-state index contributed by atoms with van der Waals surface area (Å²) < 4.78 is 0. The predicted octanol–water partition coefficient (Wildman–Crippen LogP) is 4.65. The highest BCUT2D eigenvalue weighted by molar-refractivity contribution is 7.19. The van der Waals surface area contributed by atoms with Crippen LogP contribution >= 0.6 is 22.9 Å². The zero-order valence-electron chi connectivity index (χ0n) is 13.3. The van der Waals surface area contributed by atoms with Crippen LogP contribution in [0, 0.1) is 5.41 Å². The number of aromatic nitrogens is 2. The summed E-state index contributed by atoms with van der Waals surface area (Å²) in [4.78, 5) is 22.7. The molecule has 2 rings (SSSR count). The van der Waals surface area contributed by atoms with Gasteiger partial charge in [0.15, 0.2) is 5.15 Å². The Labute approximate surface area is 140 Å². The molecule has 0 atom stereocenters. The van der Waals surface area contributed by atoms with Gasteiger partial charge in [0.1, 0.15) is 10.0 Å². The molecule has 2 aromatic rings. The van der Waals surface area contributed by atoms with E-state index >= 15 is 0 Å². The number of hydrogen-bond acceptors (Lipinski definition) is 4. The lowest BCUT2D eigenvalue weighted by Crippen LogP contribution is -2.33. The van der Waals surface area contributed by atoms with E-state index in [1.54, 1.807) is 17.3 Å². The Balaban J connectivity index is 2.31. The van der Waals surface area contributed by atoms with Crippen LogP contribution in [0.15, 0.2) is 24.5 Å². The normalized spacial score (nSPS) is 11.5. The van der Waals surface area contributed by atoms with E-state index in [4.69, 9.17) is 11.6 Å². The fourth-order valence-electron chi connectivity index (χ4n) is 2.06. The fourth-order valence-corrected chi connectivity index (χ4v) is 3.44. The zero-order chi connectivity index (χ0) is 16.3. The van der Waals surface area contributed by atoms with E-state index in [0.717, 1.165) is 10.6 Å². The molecule has 0 bridgehead atoms. The minimum atomic E-state index is -0.0617. The van der Waals surface area contributed by atoms with Crippen molar-refractivity contribution in [3.8, 4) is 10.6 Å². The van der Waals surface area contributed by atoms with Crippen molar-refractivity contribution in [2.45, 2.75) is 34.1 Å². The van der Waals surface area contributed by atoms with Crippen LogP contribution in [0.5, 0.6) is 0 Å². The van der Waals surface area contributed by atoms with Crippen LogP contribution < -0.4 is 4.90 Å². The third-order valence-corrected chi connectivity index (χ3v) is 4.53. The molecule has 0 aliphatic rings. The van der Waals surface area contributed by atoms with Crippen molar-refractivity contribution < 1.29 is 4.79 Å². The SMILES string of the molecule is CCN(C(=O)CC(C)(C)C)c1sc(-c2cccnc2)nc1Cl. The van der Waals surface area contributed by atoms with Crippen LogP contribution in [0.1, 0.15) is 34.1 Å². The standard InChI is InChI=1S/C16H20ClN3OS/c1-5-20(12(21)9-16(2,3)4)15-13(17)19-14(22-15)11-7-6-8-18-10-11/h6-8,10H,5,9H2,1-4H3. The van der Waals surface area contributed by atoms with Gasteiger partial charge in [0.05, 0.1) is 0 Å². The number of anilines is 1. The van der Waals surface area contributed by atoms with Crippen molar-refractivity contribution in [1.29, 1.82) is 0 Å². The predicted molar refractivity (Wildman–Crippen MR) is 92.5 cm³/mol. The van der Waals surface area contributed by atoms with Crippen molar-refractivity contribution in [3.63, 3.8) is 0 Å². The van der Waals surface area contributed by atoms with E-state index in [-0.39, 0.29) is 11.3 Å². The Bertz CT molecular complexity index is 649. The third kappa shape index (κ3) is 4.05. The molecule has 0 saturated heterocycles. The summed E-state index contributed by atoms with van der Waals surface area (Å²) in [5.41, 5.74) is 0.841. The summed E-state index contributed by atoms with van der Waals surface area (Å²) in [6.07, 6.45) is 3.92. The molecular weight excluding hydrogens is 318 g/mol. The first kappa shape index (κ1) is 16.9. The summed E-state index contributed by atoms with van der Waals surface area (Å²) in [6, 6.07) is 3.78. The highest BCUT2D eigenvalue weighted by Gasteiger charge is 2.25. The minimum Gasteiger partial charge on any atom is -0.301 e.